The summed E-state index contributed by atoms with van der Waals surface area (Å²) in [5, 5.41) is 0. The lowest BCUT2D eigenvalue weighted by atomic mass is 9.83. The van der Waals surface area contributed by atoms with Crippen molar-refractivity contribution in [2.45, 2.75) is 63.1 Å². The third-order valence-corrected chi connectivity index (χ3v) is 10.9. The molecule has 0 amide bonds. The summed E-state index contributed by atoms with van der Waals surface area (Å²) in [5.74, 6) is -9.83. The number of benzene rings is 1. The summed E-state index contributed by atoms with van der Waals surface area (Å²) in [5.41, 5.74) is -0.492. The van der Waals surface area contributed by atoms with Crippen molar-refractivity contribution in [3.05, 3.63) is 34.6 Å². The van der Waals surface area contributed by atoms with Gasteiger partial charge in [-0.05, 0) is 36.4 Å². The van der Waals surface area contributed by atoms with Gasteiger partial charge in [0.25, 0.3) is 0 Å². The van der Waals surface area contributed by atoms with Crippen molar-refractivity contribution in [1.82, 2.24) is 0 Å². The quantitative estimate of drug-likeness (QED) is 0.267. The van der Waals surface area contributed by atoms with E-state index in [-0.39, 0.29) is 5.54 Å². The van der Waals surface area contributed by atoms with Crippen LogP contribution in [0.1, 0.15) is 51.0 Å². The van der Waals surface area contributed by atoms with Crippen molar-refractivity contribution in [3.63, 3.8) is 0 Å². The van der Waals surface area contributed by atoms with Gasteiger partial charge in [0, 0.05) is 12.7 Å². The SMILES string of the molecule is CC[Si](CC)(OC)C1CCCC(c2c(F)c(F)c(F)c(F)c2F)C1. The second kappa shape index (κ2) is 7.52. The fourth-order valence-electron chi connectivity index (χ4n) is 4.19. The van der Waals surface area contributed by atoms with Gasteiger partial charge in [0.15, 0.2) is 31.6 Å². The minimum atomic E-state index is -2.09. The van der Waals surface area contributed by atoms with E-state index in [9.17, 15) is 22.0 Å². The average molecular weight is 366 g/mol. The molecule has 1 aromatic carbocycles. The van der Waals surface area contributed by atoms with Crippen LogP contribution in [0.25, 0.3) is 0 Å². The molecule has 0 spiro atoms. The van der Waals surface area contributed by atoms with Crippen LogP contribution in [-0.2, 0) is 4.43 Å². The minimum Gasteiger partial charge on any atom is -0.420 e. The molecule has 1 aliphatic carbocycles. The topological polar surface area (TPSA) is 9.23 Å². The van der Waals surface area contributed by atoms with Gasteiger partial charge in [0.2, 0.25) is 5.82 Å². The summed E-state index contributed by atoms with van der Waals surface area (Å²) in [7, 11) is -0.403. The van der Waals surface area contributed by atoms with E-state index in [1.807, 2.05) is 13.8 Å². The Labute approximate surface area is 140 Å². The van der Waals surface area contributed by atoms with Gasteiger partial charge in [-0.15, -0.1) is 0 Å². The minimum absolute atomic E-state index is 0.159. The Morgan fingerprint density at radius 1 is 0.875 bits per heavy atom. The van der Waals surface area contributed by atoms with Gasteiger partial charge in [0.1, 0.15) is 0 Å². The number of rotatable bonds is 5. The molecule has 0 aromatic heterocycles. The summed E-state index contributed by atoms with van der Waals surface area (Å²) >= 11 is 0. The Balaban J connectivity index is 2.41. The molecule has 1 fully saturated rings. The van der Waals surface area contributed by atoms with E-state index >= 15 is 0 Å². The molecule has 1 saturated carbocycles. The van der Waals surface area contributed by atoms with Crippen LogP contribution in [0.4, 0.5) is 22.0 Å². The molecule has 2 atom stereocenters. The highest BCUT2D eigenvalue weighted by Crippen LogP contribution is 2.48. The molecule has 0 bridgehead atoms. The van der Waals surface area contributed by atoms with E-state index in [0.717, 1.165) is 18.5 Å². The predicted molar refractivity (Wildman–Crippen MR) is 84.9 cm³/mol. The molecule has 1 aromatic rings. The molecule has 0 aliphatic heterocycles. The van der Waals surface area contributed by atoms with E-state index < -0.39 is 48.9 Å². The monoisotopic (exact) mass is 366 g/mol. The molecular weight excluding hydrogens is 343 g/mol. The van der Waals surface area contributed by atoms with Crippen molar-refractivity contribution >= 4 is 8.32 Å². The molecule has 0 N–H and O–H groups in total. The van der Waals surface area contributed by atoms with Crippen LogP contribution >= 0.6 is 0 Å². The van der Waals surface area contributed by atoms with Crippen LogP contribution in [0.2, 0.25) is 17.6 Å². The number of hydrogen-bond donors (Lipinski definition) is 0. The summed E-state index contributed by atoms with van der Waals surface area (Å²) in [4.78, 5) is 0. The maximum atomic E-state index is 14.1. The second-order valence-corrected chi connectivity index (χ2v) is 11.3. The molecule has 0 radical (unpaired) electrons. The summed E-state index contributed by atoms with van der Waals surface area (Å²) in [6, 6.07) is 1.74. The maximum absolute atomic E-state index is 14.1. The molecule has 7 heteroatoms. The third-order valence-electron chi connectivity index (χ3n) is 5.67. The predicted octanol–water partition coefficient (Wildman–Crippen LogP) is 6.04. The zero-order valence-corrected chi connectivity index (χ0v) is 15.2. The molecule has 0 heterocycles. The molecular formula is C17H23F5OSi. The van der Waals surface area contributed by atoms with Crippen LogP contribution in [-0.4, -0.2) is 15.4 Å². The molecule has 1 nitrogen and oxygen atoms in total. The average Bonchev–Trinajstić information content (AvgIpc) is 2.61. The van der Waals surface area contributed by atoms with Crippen LogP contribution in [0.3, 0.4) is 0 Å². The largest absolute Gasteiger partial charge is 0.420 e. The maximum Gasteiger partial charge on any atom is 0.200 e. The van der Waals surface area contributed by atoms with Gasteiger partial charge in [-0.3, -0.25) is 0 Å². The first-order valence-corrected chi connectivity index (χ1v) is 10.8. The second-order valence-electron chi connectivity index (χ2n) is 6.52. The smallest absolute Gasteiger partial charge is 0.200 e. The van der Waals surface area contributed by atoms with Crippen LogP contribution in [0.5, 0.6) is 0 Å². The summed E-state index contributed by atoms with van der Waals surface area (Å²) in [6.45, 7) is 4.09. The van der Waals surface area contributed by atoms with Crippen molar-refractivity contribution in [3.8, 4) is 0 Å². The Hall–Kier alpha value is -0.953. The van der Waals surface area contributed by atoms with Crippen molar-refractivity contribution in [2.75, 3.05) is 7.11 Å². The summed E-state index contributed by atoms with van der Waals surface area (Å²) in [6.07, 6.45) is 2.43. The van der Waals surface area contributed by atoms with Crippen molar-refractivity contribution in [1.29, 1.82) is 0 Å². The Morgan fingerprint density at radius 2 is 1.38 bits per heavy atom. The van der Waals surface area contributed by atoms with Crippen LogP contribution in [0.15, 0.2) is 0 Å². The first kappa shape index (κ1) is 19.4. The number of halogens is 5. The third kappa shape index (κ3) is 3.12. The molecule has 24 heavy (non-hydrogen) atoms. The normalized spacial score (nSPS) is 22.0. The zero-order chi connectivity index (χ0) is 18.1. The lowest BCUT2D eigenvalue weighted by Gasteiger charge is -2.41. The standard InChI is InChI=1S/C17H23F5OSi/c1-4-24(5-2,23-3)11-8-6-7-10(9-11)12-13(18)15(20)17(22)16(21)14(12)19/h10-11H,4-9H2,1-3H3. The van der Waals surface area contributed by atoms with Gasteiger partial charge >= 0.3 is 0 Å². The fourth-order valence-corrected chi connectivity index (χ4v) is 8.20. The van der Waals surface area contributed by atoms with Crippen molar-refractivity contribution < 1.29 is 26.4 Å². The van der Waals surface area contributed by atoms with E-state index in [2.05, 4.69) is 0 Å². The lowest BCUT2D eigenvalue weighted by molar-refractivity contribution is 0.321. The zero-order valence-electron chi connectivity index (χ0n) is 14.2. The molecule has 1 aliphatic rings. The fraction of sp³-hybridized carbons (Fsp3) is 0.647. The van der Waals surface area contributed by atoms with Gasteiger partial charge in [0.05, 0.1) is 0 Å². The molecule has 2 unspecified atom stereocenters. The van der Waals surface area contributed by atoms with Crippen LogP contribution < -0.4 is 0 Å². The Morgan fingerprint density at radius 3 is 1.83 bits per heavy atom. The first-order chi connectivity index (χ1) is 11.3. The van der Waals surface area contributed by atoms with E-state index in [4.69, 9.17) is 4.43 Å². The van der Waals surface area contributed by atoms with E-state index in [0.29, 0.717) is 19.3 Å². The number of hydrogen-bond acceptors (Lipinski definition) is 1. The Kier molecular flexibility index (Phi) is 6.07. The van der Waals surface area contributed by atoms with Crippen molar-refractivity contribution in [2.24, 2.45) is 0 Å². The van der Waals surface area contributed by atoms with Gasteiger partial charge in [-0.1, -0.05) is 26.7 Å². The molecule has 136 valence electrons. The summed E-state index contributed by atoms with van der Waals surface area (Å²) < 4.78 is 74.3. The van der Waals surface area contributed by atoms with Gasteiger partial charge in [-0.25, -0.2) is 22.0 Å². The highest BCUT2D eigenvalue weighted by molar-refractivity contribution is 6.75. The molecule has 2 rings (SSSR count). The first-order valence-electron chi connectivity index (χ1n) is 8.39. The van der Waals surface area contributed by atoms with Gasteiger partial charge in [-0.2, -0.15) is 0 Å². The van der Waals surface area contributed by atoms with E-state index in [1.54, 1.807) is 7.11 Å². The van der Waals surface area contributed by atoms with E-state index in [1.165, 1.54) is 0 Å². The lowest BCUT2D eigenvalue weighted by Crippen LogP contribution is -2.43. The Bertz CT molecular complexity index is 566. The molecule has 0 saturated heterocycles. The van der Waals surface area contributed by atoms with Gasteiger partial charge < -0.3 is 4.43 Å². The highest BCUT2D eigenvalue weighted by Gasteiger charge is 2.43. The van der Waals surface area contributed by atoms with Crippen LogP contribution in [0, 0.1) is 29.1 Å². The highest BCUT2D eigenvalue weighted by atomic mass is 28.4.